The summed E-state index contributed by atoms with van der Waals surface area (Å²) in [5.41, 5.74) is 0.304. The zero-order valence-corrected chi connectivity index (χ0v) is 10.4. The van der Waals surface area contributed by atoms with E-state index < -0.39 is 0 Å². The van der Waals surface area contributed by atoms with Crippen LogP contribution in [-0.2, 0) is 19.5 Å². The molecular formula is C5H9NS2Zn+2. The number of hydrogen-bond donors (Lipinski definition) is 1. The van der Waals surface area contributed by atoms with Gasteiger partial charge < -0.3 is 4.90 Å². The van der Waals surface area contributed by atoms with Crippen molar-refractivity contribution in [3.8, 4) is 0 Å². The summed E-state index contributed by atoms with van der Waals surface area (Å²) in [6.07, 6.45) is 0. The van der Waals surface area contributed by atoms with E-state index in [9.17, 15) is 0 Å². The molecular weight excluding hydrogens is 204 g/mol. The maximum atomic E-state index is 4.82. The molecule has 4 heteroatoms. The maximum absolute atomic E-state index is 4.82. The van der Waals surface area contributed by atoms with E-state index in [1.54, 1.807) is 0 Å². The molecule has 0 bridgehead atoms. The molecule has 0 aliphatic carbocycles. The minimum absolute atomic E-state index is 0. The van der Waals surface area contributed by atoms with Crippen molar-refractivity contribution < 1.29 is 19.5 Å². The van der Waals surface area contributed by atoms with Gasteiger partial charge in [0.15, 0.2) is 0 Å². The Labute approximate surface area is 79.4 Å². The summed E-state index contributed by atoms with van der Waals surface area (Å²) in [4.78, 5) is 2.07. The Morgan fingerprint density at radius 3 is 2.00 bits per heavy atom. The molecule has 0 N–H and O–H groups in total. The summed E-state index contributed by atoms with van der Waals surface area (Å²) >= 11 is 8.85. The van der Waals surface area contributed by atoms with E-state index in [1.807, 2.05) is 0 Å². The first-order valence-electron chi connectivity index (χ1n) is 2.54. The molecule has 0 aromatic rings. The topological polar surface area (TPSA) is 3.01 Å². The minimum Gasteiger partial charge on any atom is -0.348 e. The van der Waals surface area contributed by atoms with Crippen molar-refractivity contribution in [1.82, 2.24) is 4.90 Å². The smallest absolute Gasteiger partial charge is 0.348 e. The van der Waals surface area contributed by atoms with E-state index in [1.165, 1.54) is 0 Å². The van der Waals surface area contributed by atoms with Crippen molar-refractivity contribution in [3.63, 3.8) is 0 Å². The van der Waals surface area contributed by atoms with Crippen molar-refractivity contribution >= 4 is 29.2 Å². The van der Waals surface area contributed by atoms with Crippen LogP contribution in [0.25, 0.3) is 0 Å². The first-order valence-corrected chi connectivity index (χ1v) is 3.40. The fourth-order valence-corrected chi connectivity index (χ4v) is 1.33. The molecule has 0 atom stereocenters. The molecule has 0 aromatic carbocycles. The molecule has 1 aliphatic heterocycles. The van der Waals surface area contributed by atoms with Crippen LogP contribution in [0.5, 0.6) is 0 Å². The predicted octanol–water partition coefficient (Wildman–Crippen LogP) is 1.29. The quantitative estimate of drug-likeness (QED) is 0.279. The second-order valence-electron chi connectivity index (χ2n) is 2.68. The van der Waals surface area contributed by atoms with Crippen LogP contribution in [0.1, 0.15) is 13.8 Å². The Morgan fingerprint density at radius 1 is 1.67 bits per heavy atom. The fraction of sp³-hybridized carbons (Fsp3) is 0.800. The van der Waals surface area contributed by atoms with E-state index in [0.29, 0.717) is 5.54 Å². The van der Waals surface area contributed by atoms with Gasteiger partial charge in [0.05, 0.1) is 5.54 Å². The number of thiocarbonyl (C=S) groups is 1. The first-order chi connectivity index (χ1) is 3.54. The van der Waals surface area contributed by atoms with Gasteiger partial charge in [-0.25, -0.2) is 0 Å². The van der Waals surface area contributed by atoms with Crippen LogP contribution >= 0.6 is 24.8 Å². The first kappa shape index (κ1) is 9.86. The Balaban J connectivity index is 0.000000640. The van der Waals surface area contributed by atoms with Crippen LogP contribution in [0.15, 0.2) is 0 Å². The van der Waals surface area contributed by atoms with Crippen molar-refractivity contribution in [2.45, 2.75) is 19.4 Å². The Hall–Kier alpha value is 0.863. The van der Waals surface area contributed by atoms with E-state index >= 15 is 0 Å². The van der Waals surface area contributed by atoms with Crippen molar-refractivity contribution in [2.75, 3.05) is 6.54 Å². The number of nitrogens with zero attached hydrogens (tertiary/aromatic N) is 1. The summed E-state index contributed by atoms with van der Waals surface area (Å²) in [6.45, 7) is 5.36. The normalized spacial score (nSPS) is 20.6. The second-order valence-corrected chi connectivity index (χ2v) is 3.79. The van der Waals surface area contributed by atoms with Gasteiger partial charge in [0.2, 0.25) is 0 Å². The van der Waals surface area contributed by atoms with Crippen molar-refractivity contribution in [2.24, 2.45) is 0 Å². The van der Waals surface area contributed by atoms with Gasteiger partial charge in [-0.3, -0.25) is 0 Å². The number of rotatable bonds is 0. The van der Waals surface area contributed by atoms with Gasteiger partial charge in [0, 0.05) is 6.54 Å². The molecule has 0 saturated carbocycles. The van der Waals surface area contributed by atoms with Gasteiger partial charge in [-0.2, -0.15) is 0 Å². The Morgan fingerprint density at radius 2 is 2.00 bits per heavy atom. The second kappa shape index (κ2) is 2.85. The molecule has 0 spiro atoms. The van der Waals surface area contributed by atoms with Gasteiger partial charge in [-0.05, 0) is 13.8 Å². The summed E-state index contributed by atoms with van der Waals surface area (Å²) in [5.74, 6) is 0. The van der Waals surface area contributed by atoms with Crippen LogP contribution < -0.4 is 0 Å². The average Bonchev–Trinajstić information content (AvgIpc) is 2.13. The molecule has 0 unspecified atom stereocenters. The average molecular weight is 213 g/mol. The molecule has 0 aromatic heterocycles. The van der Waals surface area contributed by atoms with E-state index in [4.69, 9.17) is 12.2 Å². The van der Waals surface area contributed by atoms with E-state index in [-0.39, 0.29) is 19.5 Å². The Bertz CT molecular complexity index is 135. The molecule has 1 rings (SSSR count). The largest absolute Gasteiger partial charge is 2.00 e. The number of hydrogen-bond acceptors (Lipinski definition) is 1. The van der Waals surface area contributed by atoms with E-state index in [0.717, 1.165) is 10.9 Å². The van der Waals surface area contributed by atoms with Gasteiger partial charge in [-0.15, -0.1) is 12.6 Å². The van der Waals surface area contributed by atoms with Gasteiger partial charge in [0.1, 0.15) is 4.32 Å². The monoisotopic (exact) mass is 211 g/mol. The van der Waals surface area contributed by atoms with Crippen LogP contribution in [0.3, 0.4) is 0 Å². The number of thiol groups is 1. The third-order valence-corrected chi connectivity index (χ3v) is 1.87. The van der Waals surface area contributed by atoms with Crippen LogP contribution in [0.4, 0.5) is 0 Å². The third-order valence-electron chi connectivity index (χ3n) is 1.40. The summed E-state index contributed by atoms with van der Waals surface area (Å²) in [5, 5.41) is 0. The molecule has 9 heavy (non-hydrogen) atoms. The molecule has 46 valence electrons. The maximum Gasteiger partial charge on any atom is 2.00 e. The minimum atomic E-state index is 0. The molecule has 1 heterocycles. The van der Waals surface area contributed by atoms with E-state index in [2.05, 4.69) is 31.4 Å². The zero-order valence-electron chi connectivity index (χ0n) is 5.72. The summed E-state index contributed by atoms with van der Waals surface area (Å²) in [7, 11) is 0. The molecule has 1 aliphatic rings. The zero-order chi connectivity index (χ0) is 6.36. The Kier molecular flexibility index (Phi) is 3.13. The van der Waals surface area contributed by atoms with Gasteiger partial charge in [-0.1, -0.05) is 12.2 Å². The SMILES string of the molecule is CC1(C)CN1C(=S)S.[Zn+2]. The molecule has 1 fully saturated rings. The summed E-state index contributed by atoms with van der Waals surface area (Å²) in [6, 6.07) is 0. The standard InChI is InChI=1S/C5H9NS2.Zn/c1-5(2)3-6(5)4(7)8;/h3H2,1-2H3,(H,7,8);/q;+2. The molecule has 0 amide bonds. The van der Waals surface area contributed by atoms with Crippen LogP contribution in [0.2, 0.25) is 0 Å². The van der Waals surface area contributed by atoms with Gasteiger partial charge >= 0.3 is 19.5 Å². The van der Waals surface area contributed by atoms with Crippen LogP contribution in [-0.4, -0.2) is 21.3 Å². The third kappa shape index (κ3) is 2.17. The van der Waals surface area contributed by atoms with Crippen LogP contribution in [0, 0.1) is 0 Å². The van der Waals surface area contributed by atoms with Crippen molar-refractivity contribution in [1.29, 1.82) is 0 Å². The molecule has 0 radical (unpaired) electrons. The molecule has 1 nitrogen and oxygen atoms in total. The summed E-state index contributed by atoms with van der Waals surface area (Å²) < 4.78 is 0.718. The van der Waals surface area contributed by atoms with Crippen molar-refractivity contribution in [3.05, 3.63) is 0 Å². The molecule has 1 saturated heterocycles. The van der Waals surface area contributed by atoms with Gasteiger partial charge in [0.25, 0.3) is 0 Å². The fourth-order valence-electron chi connectivity index (χ4n) is 0.678. The predicted molar refractivity (Wildman–Crippen MR) is 42.4 cm³/mol.